The molecule has 22 heavy (non-hydrogen) atoms. The first-order valence-electron chi connectivity index (χ1n) is 8.50. The van der Waals surface area contributed by atoms with Crippen LogP contribution in [-0.2, 0) is 6.54 Å². The second kappa shape index (κ2) is 14.0. The topological polar surface area (TPSA) is 31.5 Å². The zero-order valence-corrected chi connectivity index (χ0v) is 15.5. The molecule has 0 fully saturated rings. The molecule has 0 amide bonds. The highest BCUT2D eigenvalue weighted by Crippen LogP contribution is 2.13. The fourth-order valence-corrected chi connectivity index (χ4v) is 2.83. The van der Waals surface area contributed by atoms with E-state index in [-0.39, 0.29) is 17.9 Å². The maximum Gasteiger partial charge on any atom is 0.104 e. The molecule has 1 rings (SSSR count). The van der Waals surface area contributed by atoms with Gasteiger partial charge in [-0.3, -0.25) is 0 Å². The summed E-state index contributed by atoms with van der Waals surface area (Å²) >= 11 is 0. The van der Waals surface area contributed by atoms with E-state index in [1.165, 1.54) is 63.5 Å². The predicted octanol–water partition coefficient (Wildman–Crippen LogP) is 1.58. The average Bonchev–Trinajstić information content (AvgIpc) is 2.42. The molecule has 0 aliphatic heterocycles. The Morgan fingerprint density at radius 3 is 1.82 bits per heavy atom. The van der Waals surface area contributed by atoms with E-state index in [9.17, 15) is 0 Å². The summed E-state index contributed by atoms with van der Waals surface area (Å²) in [6.07, 6.45) is 11.3. The molecule has 0 aliphatic rings. The zero-order chi connectivity index (χ0) is 14.7. The first-order chi connectivity index (χ1) is 9.64. The molecule has 0 heterocycles. The van der Waals surface area contributed by atoms with Crippen molar-refractivity contribution >= 4 is 0 Å². The van der Waals surface area contributed by atoms with Crippen LogP contribution in [0.25, 0.3) is 0 Å². The molecule has 0 saturated carbocycles. The number of hydrogen-bond acceptors (Lipinski definition) is 0. The summed E-state index contributed by atoms with van der Waals surface area (Å²) in [6.45, 7) is 4.73. The summed E-state index contributed by atoms with van der Waals surface area (Å²) in [5.74, 6) is 0. The SMILES string of the molecule is CCCCCCCCCC[N+](C)(C)Cc1ccccc1.O.[Cl-]. The minimum Gasteiger partial charge on any atom is -1.00 e. The Bertz CT molecular complexity index is 341. The van der Waals surface area contributed by atoms with Gasteiger partial charge in [-0.05, 0) is 12.8 Å². The number of nitrogens with zero attached hydrogens (tertiary/aromatic N) is 1. The Hall–Kier alpha value is -0.570. The third-order valence-electron chi connectivity index (χ3n) is 4.07. The molecule has 3 heteroatoms. The van der Waals surface area contributed by atoms with Crippen LogP contribution >= 0.6 is 0 Å². The van der Waals surface area contributed by atoms with Gasteiger partial charge in [0.15, 0.2) is 0 Å². The lowest BCUT2D eigenvalue weighted by Crippen LogP contribution is -3.00. The van der Waals surface area contributed by atoms with Crippen LogP contribution in [0.2, 0.25) is 0 Å². The van der Waals surface area contributed by atoms with Gasteiger partial charge in [-0.25, -0.2) is 0 Å². The molecule has 0 spiro atoms. The molecular formula is C19H36ClNO. The highest BCUT2D eigenvalue weighted by Gasteiger charge is 2.14. The number of quaternary nitrogens is 1. The van der Waals surface area contributed by atoms with E-state index in [1.807, 2.05) is 0 Å². The second-order valence-electron chi connectivity index (χ2n) is 6.78. The molecule has 0 aliphatic carbocycles. The molecule has 0 unspecified atom stereocenters. The van der Waals surface area contributed by atoms with Gasteiger partial charge < -0.3 is 22.4 Å². The lowest BCUT2D eigenvalue weighted by Gasteiger charge is -2.30. The average molecular weight is 330 g/mol. The molecule has 0 atom stereocenters. The summed E-state index contributed by atoms with van der Waals surface area (Å²) < 4.78 is 1.11. The van der Waals surface area contributed by atoms with Crippen LogP contribution in [0.15, 0.2) is 30.3 Å². The van der Waals surface area contributed by atoms with Crippen LogP contribution in [-0.4, -0.2) is 30.6 Å². The Balaban J connectivity index is 0. The summed E-state index contributed by atoms with van der Waals surface area (Å²) in [5, 5.41) is 0. The molecule has 2 N–H and O–H groups in total. The predicted molar refractivity (Wildman–Crippen MR) is 93.3 cm³/mol. The summed E-state index contributed by atoms with van der Waals surface area (Å²) in [5.41, 5.74) is 1.46. The van der Waals surface area contributed by atoms with Gasteiger partial charge in [-0.15, -0.1) is 0 Å². The first-order valence-corrected chi connectivity index (χ1v) is 8.50. The van der Waals surface area contributed by atoms with Crippen molar-refractivity contribution < 1.29 is 22.4 Å². The van der Waals surface area contributed by atoms with Gasteiger partial charge in [0.1, 0.15) is 6.54 Å². The molecule has 0 aromatic heterocycles. The highest BCUT2D eigenvalue weighted by molar-refractivity contribution is 5.13. The highest BCUT2D eigenvalue weighted by atomic mass is 35.5. The zero-order valence-electron chi connectivity index (χ0n) is 14.8. The Labute approximate surface area is 144 Å². The largest absolute Gasteiger partial charge is 1.00 e. The van der Waals surface area contributed by atoms with E-state index in [1.54, 1.807) is 0 Å². The van der Waals surface area contributed by atoms with Crippen LogP contribution in [0.5, 0.6) is 0 Å². The lowest BCUT2D eigenvalue weighted by atomic mass is 10.1. The maximum atomic E-state index is 2.36. The van der Waals surface area contributed by atoms with E-state index in [0.717, 1.165) is 11.0 Å². The van der Waals surface area contributed by atoms with Crippen molar-refractivity contribution in [1.29, 1.82) is 0 Å². The molecule has 2 nitrogen and oxygen atoms in total. The van der Waals surface area contributed by atoms with Gasteiger partial charge >= 0.3 is 0 Å². The van der Waals surface area contributed by atoms with Crippen molar-refractivity contribution in [3.8, 4) is 0 Å². The van der Waals surface area contributed by atoms with Gasteiger partial charge in [-0.1, -0.05) is 75.8 Å². The van der Waals surface area contributed by atoms with Gasteiger partial charge in [0, 0.05) is 5.56 Å². The van der Waals surface area contributed by atoms with Crippen molar-refractivity contribution in [3.63, 3.8) is 0 Å². The van der Waals surface area contributed by atoms with Gasteiger partial charge in [0.2, 0.25) is 0 Å². The summed E-state index contributed by atoms with van der Waals surface area (Å²) in [7, 11) is 4.71. The molecule has 130 valence electrons. The molecule has 0 bridgehead atoms. The van der Waals surface area contributed by atoms with Gasteiger partial charge in [0.25, 0.3) is 0 Å². The normalized spacial score (nSPS) is 10.7. The standard InChI is InChI=1S/C19H34N.ClH.H2O/c1-4-5-6-7-8-9-10-14-17-20(2,3)18-19-15-12-11-13-16-19;;/h11-13,15-16H,4-10,14,17-18H2,1-3H3;1H;1H2/q+1;;/p-1. The van der Waals surface area contributed by atoms with Crippen molar-refractivity contribution in [1.82, 2.24) is 0 Å². The second-order valence-corrected chi connectivity index (χ2v) is 6.78. The van der Waals surface area contributed by atoms with E-state index >= 15 is 0 Å². The first kappa shape index (κ1) is 23.7. The molecule has 0 radical (unpaired) electrons. The van der Waals surface area contributed by atoms with E-state index in [4.69, 9.17) is 0 Å². The van der Waals surface area contributed by atoms with Crippen LogP contribution in [0.1, 0.15) is 63.9 Å². The Morgan fingerprint density at radius 2 is 1.27 bits per heavy atom. The molecule has 0 saturated heterocycles. The third-order valence-corrected chi connectivity index (χ3v) is 4.07. The van der Waals surface area contributed by atoms with E-state index < -0.39 is 0 Å². The monoisotopic (exact) mass is 329 g/mol. The van der Waals surface area contributed by atoms with Crippen LogP contribution in [0, 0.1) is 0 Å². The third kappa shape index (κ3) is 12.0. The van der Waals surface area contributed by atoms with Crippen LogP contribution in [0.4, 0.5) is 0 Å². The number of halogens is 1. The maximum absolute atomic E-state index is 2.36. The van der Waals surface area contributed by atoms with Crippen molar-refractivity contribution in [2.24, 2.45) is 0 Å². The van der Waals surface area contributed by atoms with Crippen molar-refractivity contribution in [3.05, 3.63) is 35.9 Å². The number of hydrogen-bond donors (Lipinski definition) is 0. The molecular weight excluding hydrogens is 294 g/mol. The Kier molecular flexibility index (Phi) is 15.1. The van der Waals surface area contributed by atoms with Crippen LogP contribution < -0.4 is 12.4 Å². The van der Waals surface area contributed by atoms with Crippen molar-refractivity contribution in [2.75, 3.05) is 20.6 Å². The fourth-order valence-electron chi connectivity index (χ4n) is 2.83. The van der Waals surface area contributed by atoms with Crippen molar-refractivity contribution in [2.45, 2.75) is 64.8 Å². The molecule has 1 aromatic rings. The Morgan fingerprint density at radius 1 is 0.773 bits per heavy atom. The summed E-state index contributed by atoms with van der Waals surface area (Å²) in [6, 6.07) is 10.9. The van der Waals surface area contributed by atoms with E-state index in [2.05, 4.69) is 51.4 Å². The lowest BCUT2D eigenvalue weighted by molar-refractivity contribution is -0.903. The van der Waals surface area contributed by atoms with Gasteiger partial charge in [-0.2, -0.15) is 0 Å². The summed E-state index contributed by atoms with van der Waals surface area (Å²) in [4.78, 5) is 0. The fraction of sp³-hybridized carbons (Fsp3) is 0.684. The van der Waals surface area contributed by atoms with Gasteiger partial charge in [0.05, 0.1) is 20.6 Å². The smallest absolute Gasteiger partial charge is 0.104 e. The van der Waals surface area contributed by atoms with Crippen LogP contribution in [0.3, 0.4) is 0 Å². The molecule has 1 aromatic carbocycles. The quantitative estimate of drug-likeness (QED) is 0.436. The minimum absolute atomic E-state index is 0. The number of rotatable bonds is 11. The minimum atomic E-state index is 0. The number of unbranched alkanes of at least 4 members (excludes halogenated alkanes) is 7. The van der Waals surface area contributed by atoms with E-state index in [0.29, 0.717) is 0 Å². The number of benzene rings is 1.